The Hall–Kier alpha value is -1.87. The molecule has 0 bridgehead atoms. The maximum absolute atomic E-state index is 13.4. The fourth-order valence-corrected chi connectivity index (χ4v) is 1.38. The summed E-state index contributed by atoms with van der Waals surface area (Å²) in [6, 6.07) is 0. The zero-order valence-corrected chi connectivity index (χ0v) is 14.7. The molecule has 0 heterocycles. The highest BCUT2D eigenvalue weighted by molar-refractivity contribution is 7.86. The molecule has 1 atom stereocenters. The molecule has 0 amide bonds. The first-order valence-electron chi connectivity index (χ1n) is 6.51. The number of carbonyl (C=O) groups excluding carboxylic acids is 2. The molecule has 0 saturated heterocycles. The van der Waals surface area contributed by atoms with E-state index in [1.54, 1.807) is 0 Å². The lowest BCUT2D eigenvalue weighted by atomic mass is 10.1. The van der Waals surface area contributed by atoms with E-state index >= 15 is 0 Å². The third kappa shape index (κ3) is 6.35. The zero-order chi connectivity index (χ0) is 22.1. The molecule has 0 aliphatic carbocycles. The lowest BCUT2D eigenvalue weighted by Crippen LogP contribution is -2.60. The maximum atomic E-state index is 13.4. The largest absolute Gasteiger partial charge is 0.743 e. The van der Waals surface area contributed by atoms with Crippen LogP contribution in [0.5, 0.6) is 0 Å². The number of halogens is 6. The van der Waals surface area contributed by atoms with Gasteiger partial charge in [0.2, 0.25) is 5.83 Å². The van der Waals surface area contributed by atoms with Gasteiger partial charge in [0, 0.05) is 0 Å². The van der Waals surface area contributed by atoms with Crippen molar-refractivity contribution >= 4 is 22.1 Å². The minimum atomic E-state index is -6.54. The number of ether oxygens (including phenoxy) is 3. The third-order valence-electron chi connectivity index (χ3n) is 2.31. The molecule has 27 heavy (non-hydrogen) atoms. The van der Waals surface area contributed by atoms with E-state index in [0.717, 1.165) is 20.8 Å². The first-order valence-corrected chi connectivity index (χ1v) is 7.92. The summed E-state index contributed by atoms with van der Waals surface area (Å²) in [5, 5.41) is -5.47. The number of esters is 2. The van der Waals surface area contributed by atoms with Crippen molar-refractivity contribution in [1.29, 1.82) is 0 Å². The quantitative estimate of drug-likeness (QED) is 0.197. The van der Waals surface area contributed by atoms with Crippen molar-refractivity contribution in [2.45, 2.75) is 43.6 Å². The first-order chi connectivity index (χ1) is 11.7. The Morgan fingerprint density at radius 3 is 1.78 bits per heavy atom. The van der Waals surface area contributed by atoms with Crippen LogP contribution in [0.15, 0.2) is 12.4 Å². The summed E-state index contributed by atoms with van der Waals surface area (Å²) in [7, 11) is -6.54. The Balaban J connectivity index is 6.27. The molecule has 0 aliphatic rings. The Kier molecular flexibility index (Phi) is 7.10. The number of carbonyl (C=O) groups is 2. The Bertz CT molecular complexity index is 708. The van der Waals surface area contributed by atoms with Crippen LogP contribution in [0, 0.1) is 0 Å². The normalized spacial score (nSPS) is 15.6. The lowest BCUT2D eigenvalue weighted by molar-refractivity contribution is -0.362. The second-order valence-corrected chi connectivity index (χ2v) is 7.30. The highest BCUT2D eigenvalue weighted by Gasteiger charge is 2.69. The number of hydrogen-bond donors (Lipinski definition) is 0. The van der Waals surface area contributed by atoms with Gasteiger partial charge in [-0.1, -0.05) is 6.58 Å². The predicted molar refractivity (Wildman–Crippen MR) is 71.6 cm³/mol. The molecule has 0 rings (SSSR count). The highest BCUT2D eigenvalue weighted by atomic mass is 32.2. The predicted octanol–water partition coefficient (Wildman–Crippen LogP) is 1.77. The minimum Gasteiger partial charge on any atom is -0.743 e. The van der Waals surface area contributed by atoms with Crippen molar-refractivity contribution in [3.63, 3.8) is 0 Å². The van der Waals surface area contributed by atoms with Crippen LogP contribution in [-0.4, -0.2) is 54.3 Å². The van der Waals surface area contributed by atoms with Crippen LogP contribution >= 0.6 is 0 Å². The fraction of sp³-hybridized carbons (Fsp3) is 0.667. The second kappa shape index (κ2) is 7.63. The zero-order valence-electron chi connectivity index (χ0n) is 13.9. The molecule has 1 unspecified atom stereocenters. The topological polar surface area (TPSA) is 119 Å². The van der Waals surface area contributed by atoms with Gasteiger partial charge < -0.3 is 18.8 Å². The number of rotatable bonds is 7. The first kappa shape index (κ1) is 25.1. The molecule has 0 aromatic carbocycles. The van der Waals surface area contributed by atoms with Crippen LogP contribution in [0.4, 0.5) is 26.3 Å². The standard InChI is InChI=1S/C12H14F6O8S/c1-6(13)7(19)25-11(12(16,17)18,8(20)26-9(2,3)4)24-5-10(14,15)27(21,22)23/h1,5H2,2-4H3,(H,21,22,23)/p-1. The molecular weight excluding hydrogens is 418 g/mol. The molecule has 0 radical (unpaired) electrons. The summed E-state index contributed by atoms with van der Waals surface area (Å²) in [4.78, 5) is 23.0. The molecule has 0 N–H and O–H groups in total. The number of hydrogen-bond acceptors (Lipinski definition) is 8. The van der Waals surface area contributed by atoms with Crippen molar-refractivity contribution in [3.8, 4) is 0 Å². The van der Waals surface area contributed by atoms with Crippen LogP contribution in [0.25, 0.3) is 0 Å². The van der Waals surface area contributed by atoms with E-state index in [9.17, 15) is 48.9 Å². The van der Waals surface area contributed by atoms with Gasteiger partial charge in [0.15, 0.2) is 10.1 Å². The van der Waals surface area contributed by atoms with Crippen molar-refractivity contribution in [1.82, 2.24) is 0 Å². The average molecular weight is 431 g/mol. The van der Waals surface area contributed by atoms with Gasteiger partial charge in [-0.25, -0.2) is 18.0 Å². The summed E-state index contributed by atoms with van der Waals surface area (Å²) in [5.74, 6) is -12.4. The molecule has 0 spiro atoms. The van der Waals surface area contributed by atoms with Gasteiger partial charge in [0.05, 0.1) is 0 Å². The van der Waals surface area contributed by atoms with E-state index in [2.05, 4.69) is 20.8 Å². The van der Waals surface area contributed by atoms with E-state index in [-0.39, 0.29) is 0 Å². The molecular formula is C12H13F6O8S-. The number of alkyl halides is 5. The molecule has 0 fully saturated rings. The maximum Gasteiger partial charge on any atom is 0.468 e. The van der Waals surface area contributed by atoms with Crippen LogP contribution in [-0.2, 0) is 33.9 Å². The Morgan fingerprint density at radius 2 is 1.48 bits per heavy atom. The van der Waals surface area contributed by atoms with Gasteiger partial charge in [-0.05, 0) is 20.8 Å². The van der Waals surface area contributed by atoms with Crippen molar-refractivity contribution in [2.24, 2.45) is 0 Å². The van der Waals surface area contributed by atoms with Gasteiger partial charge in [0.25, 0.3) is 0 Å². The minimum absolute atomic E-state index is 1.03. The summed E-state index contributed by atoms with van der Waals surface area (Å²) in [5.41, 5.74) is -1.72. The Morgan fingerprint density at radius 1 is 1.04 bits per heavy atom. The van der Waals surface area contributed by atoms with Crippen molar-refractivity contribution in [2.75, 3.05) is 6.61 Å². The average Bonchev–Trinajstić information content (AvgIpc) is 2.38. The fourth-order valence-electron chi connectivity index (χ4n) is 1.17. The van der Waals surface area contributed by atoms with Crippen LogP contribution in [0.1, 0.15) is 20.8 Å². The van der Waals surface area contributed by atoms with Crippen LogP contribution < -0.4 is 0 Å². The molecule has 0 aliphatic heterocycles. The molecule has 15 heteroatoms. The van der Waals surface area contributed by atoms with Crippen LogP contribution in [0.2, 0.25) is 0 Å². The lowest BCUT2D eigenvalue weighted by Gasteiger charge is -2.35. The second-order valence-electron chi connectivity index (χ2n) is 5.79. The van der Waals surface area contributed by atoms with E-state index < -0.39 is 57.3 Å². The molecule has 158 valence electrons. The van der Waals surface area contributed by atoms with Crippen LogP contribution in [0.3, 0.4) is 0 Å². The Labute approximate surface area is 148 Å². The van der Waals surface area contributed by atoms with Crippen molar-refractivity contribution in [3.05, 3.63) is 12.4 Å². The summed E-state index contributed by atoms with van der Waals surface area (Å²) in [6.07, 6.45) is -6.16. The summed E-state index contributed by atoms with van der Waals surface area (Å²) in [6.45, 7) is 2.50. The molecule has 0 aromatic heterocycles. The molecule has 0 aromatic rings. The van der Waals surface area contributed by atoms with E-state index in [1.165, 1.54) is 0 Å². The van der Waals surface area contributed by atoms with Crippen molar-refractivity contribution < 1.29 is 63.1 Å². The third-order valence-corrected chi connectivity index (χ3v) is 3.16. The van der Waals surface area contributed by atoms with E-state index in [0.29, 0.717) is 0 Å². The van der Waals surface area contributed by atoms with E-state index in [4.69, 9.17) is 0 Å². The smallest absolute Gasteiger partial charge is 0.468 e. The van der Waals surface area contributed by atoms with Gasteiger partial charge in [-0.2, -0.15) is 26.3 Å². The van der Waals surface area contributed by atoms with Gasteiger partial charge in [-0.3, -0.25) is 0 Å². The van der Waals surface area contributed by atoms with Gasteiger partial charge in [-0.15, -0.1) is 0 Å². The SMILES string of the molecule is C=C(F)C(=O)OC(OCC(F)(F)S(=O)(=O)[O-])(C(=O)OC(C)(C)C)C(F)(F)F. The summed E-state index contributed by atoms with van der Waals surface area (Å²) >= 11 is 0. The highest BCUT2D eigenvalue weighted by Crippen LogP contribution is 2.39. The summed E-state index contributed by atoms with van der Waals surface area (Å²) < 4.78 is 122. The van der Waals surface area contributed by atoms with Gasteiger partial charge >= 0.3 is 29.2 Å². The molecule has 0 saturated carbocycles. The van der Waals surface area contributed by atoms with E-state index in [1.807, 2.05) is 0 Å². The molecule has 8 nitrogen and oxygen atoms in total. The monoisotopic (exact) mass is 431 g/mol. The van der Waals surface area contributed by atoms with Gasteiger partial charge in [0.1, 0.15) is 12.2 Å².